The van der Waals surface area contributed by atoms with E-state index in [1.165, 1.54) is 0 Å². The molecule has 1 saturated carbocycles. The first kappa shape index (κ1) is 32.1. The highest BCUT2D eigenvalue weighted by Crippen LogP contribution is 2.29. The third-order valence-electron chi connectivity index (χ3n) is 4.88. The standard InChI is InChI=1S/C21H36O15/c22-4-10-31-7-1-13(25)34-19-17(29)16(28)18(30)20(35-14(26)2-8-32-11-5-23)21(19)36-15(27)3-9-33-12-6-24/h16-24,28-30H,1-12H2/t16?,17-,18-,19-,20+,21?/m1/s1. The monoisotopic (exact) mass is 528 g/mol. The smallest absolute Gasteiger partial charge is 0.308 e. The zero-order chi connectivity index (χ0) is 26.9. The molecule has 2 unspecified atom stereocenters. The Bertz CT molecular complexity index is 605. The van der Waals surface area contributed by atoms with Gasteiger partial charge in [-0.25, -0.2) is 0 Å². The summed E-state index contributed by atoms with van der Waals surface area (Å²) in [5, 5.41) is 57.4. The second-order valence-corrected chi connectivity index (χ2v) is 7.59. The van der Waals surface area contributed by atoms with Crippen LogP contribution in [0.3, 0.4) is 0 Å². The zero-order valence-corrected chi connectivity index (χ0v) is 19.8. The maximum Gasteiger partial charge on any atom is 0.308 e. The molecular weight excluding hydrogens is 492 g/mol. The summed E-state index contributed by atoms with van der Waals surface area (Å²) in [7, 11) is 0. The van der Waals surface area contributed by atoms with E-state index < -0.39 is 54.5 Å². The van der Waals surface area contributed by atoms with Crippen LogP contribution in [0.2, 0.25) is 0 Å². The van der Waals surface area contributed by atoms with Gasteiger partial charge in [-0.1, -0.05) is 0 Å². The fourth-order valence-electron chi connectivity index (χ4n) is 3.17. The van der Waals surface area contributed by atoms with Gasteiger partial charge in [0, 0.05) is 0 Å². The Labute approximate surface area is 207 Å². The van der Waals surface area contributed by atoms with Crippen molar-refractivity contribution in [1.82, 2.24) is 0 Å². The van der Waals surface area contributed by atoms with E-state index in [9.17, 15) is 29.7 Å². The Hall–Kier alpha value is -1.95. The molecule has 1 aliphatic carbocycles. The summed E-state index contributed by atoms with van der Waals surface area (Å²) in [5.74, 6) is -2.76. The van der Waals surface area contributed by atoms with Gasteiger partial charge in [-0.2, -0.15) is 0 Å². The van der Waals surface area contributed by atoms with Crippen LogP contribution in [0.1, 0.15) is 19.3 Å². The molecule has 0 spiro atoms. The van der Waals surface area contributed by atoms with Crippen LogP contribution in [0.15, 0.2) is 0 Å². The number of carbonyl (C=O) groups is 3. The van der Waals surface area contributed by atoms with Gasteiger partial charge in [0.15, 0.2) is 18.3 Å². The van der Waals surface area contributed by atoms with Crippen molar-refractivity contribution >= 4 is 17.9 Å². The van der Waals surface area contributed by atoms with Crippen LogP contribution in [-0.4, -0.2) is 145 Å². The topological polar surface area (TPSA) is 228 Å². The molecule has 0 aromatic carbocycles. The SMILES string of the molecule is O=C(CCOCCO)OC1[C@@H](OC(=O)CCOCCO)[C@H](O)C(O)[C@@H](O)[C@H]1OC(=O)CCOCCO. The fourth-order valence-corrected chi connectivity index (χ4v) is 3.17. The summed E-state index contributed by atoms with van der Waals surface area (Å²) in [6.07, 6.45) is -11.8. The number of hydrogen-bond donors (Lipinski definition) is 6. The van der Waals surface area contributed by atoms with Crippen LogP contribution in [0.4, 0.5) is 0 Å². The molecule has 0 saturated heterocycles. The molecule has 15 heteroatoms. The van der Waals surface area contributed by atoms with Crippen molar-refractivity contribution in [3.05, 3.63) is 0 Å². The Morgan fingerprint density at radius 3 is 1.08 bits per heavy atom. The fraction of sp³-hybridized carbons (Fsp3) is 0.857. The number of carbonyl (C=O) groups excluding carboxylic acids is 3. The summed E-state index contributed by atoms with van der Waals surface area (Å²) in [6, 6.07) is 0. The lowest BCUT2D eigenvalue weighted by atomic mass is 9.84. The highest BCUT2D eigenvalue weighted by atomic mass is 16.6. The molecule has 6 atom stereocenters. The maximum atomic E-state index is 12.4. The lowest BCUT2D eigenvalue weighted by Gasteiger charge is -2.44. The number of esters is 3. The van der Waals surface area contributed by atoms with E-state index in [-0.39, 0.29) is 78.7 Å². The van der Waals surface area contributed by atoms with Gasteiger partial charge in [0.05, 0.1) is 78.7 Å². The van der Waals surface area contributed by atoms with Gasteiger partial charge in [-0.05, 0) is 0 Å². The van der Waals surface area contributed by atoms with E-state index in [0.717, 1.165) is 0 Å². The van der Waals surface area contributed by atoms with Crippen molar-refractivity contribution < 1.29 is 73.4 Å². The van der Waals surface area contributed by atoms with Crippen LogP contribution < -0.4 is 0 Å². The minimum Gasteiger partial charge on any atom is -0.455 e. The van der Waals surface area contributed by atoms with Crippen LogP contribution >= 0.6 is 0 Å². The molecule has 1 rings (SSSR count). The highest BCUT2D eigenvalue weighted by Gasteiger charge is 2.55. The first-order valence-electron chi connectivity index (χ1n) is 11.4. The lowest BCUT2D eigenvalue weighted by molar-refractivity contribution is -0.248. The molecule has 1 aliphatic rings. The third kappa shape index (κ3) is 11.4. The highest BCUT2D eigenvalue weighted by molar-refractivity contribution is 5.72. The molecule has 15 nitrogen and oxygen atoms in total. The molecule has 0 aliphatic heterocycles. The second-order valence-electron chi connectivity index (χ2n) is 7.59. The Morgan fingerprint density at radius 1 is 0.472 bits per heavy atom. The van der Waals surface area contributed by atoms with Gasteiger partial charge in [0.25, 0.3) is 0 Å². The molecule has 6 N–H and O–H groups in total. The normalized spacial score (nSPS) is 25.8. The summed E-state index contributed by atoms with van der Waals surface area (Å²) < 4.78 is 30.6. The molecule has 0 heterocycles. The van der Waals surface area contributed by atoms with E-state index in [2.05, 4.69) is 0 Å². The van der Waals surface area contributed by atoms with Gasteiger partial charge in [-0.3, -0.25) is 14.4 Å². The van der Waals surface area contributed by atoms with E-state index in [1.807, 2.05) is 0 Å². The first-order valence-corrected chi connectivity index (χ1v) is 11.4. The molecule has 0 aromatic heterocycles. The summed E-state index contributed by atoms with van der Waals surface area (Å²) in [6.45, 7) is -1.29. The predicted molar refractivity (Wildman–Crippen MR) is 115 cm³/mol. The van der Waals surface area contributed by atoms with E-state index >= 15 is 0 Å². The molecular formula is C21H36O15. The van der Waals surface area contributed by atoms with Crippen LogP contribution in [0.5, 0.6) is 0 Å². The number of hydrogen-bond acceptors (Lipinski definition) is 15. The molecule has 0 amide bonds. The van der Waals surface area contributed by atoms with Crippen LogP contribution in [0.25, 0.3) is 0 Å². The van der Waals surface area contributed by atoms with Gasteiger partial charge in [0.2, 0.25) is 0 Å². The summed E-state index contributed by atoms with van der Waals surface area (Å²) in [5.41, 5.74) is 0. The van der Waals surface area contributed by atoms with Crippen molar-refractivity contribution in [2.45, 2.75) is 55.9 Å². The van der Waals surface area contributed by atoms with Crippen molar-refractivity contribution in [3.8, 4) is 0 Å². The van der Waals surface area contributed by atoms with Crippen molar-refractivity contribution in [2.75, 3.05) is 59.5 Å². The Balaban J connectivity index is 2.99. The van der Waals surface area contributed by atoms with E-state index in [1.54, 1.807) is 0 Å². The molecule has 210 valence electrons. The maximum absolute atomic E-state index is 12.4. The second kappa shape index (κ2) is 18.3. The zero-order valence-electron chi connectivity index (χ0n) is 19.8. The van der Waals surface area contributed by atoms with Crippen molar-refractivity contribution in [1.29, 1.82) is 0 Å². The summed E-state index contributed by atoms with van der Waals surface area (Å²) >= 11 is 0. The minimum atomic E-state index is -1.93. The predicted octanol–water partition coefficient (Wildman–Crippen LogP) is -3.98. The van der Waals surface area contributed by atoms with Crippen LogP contribution in [0, 0.1) is 0 Å². The van der Waals surface area contributed by atoms with Gasteiger partial charge in [-0.15, -0.1) is 0 Å². The number of ether oxygens (including phenoxy) is 6. The molecule has 0 aromatic rings. The van der Waals surface area contributed by atoms with Crippen LogP contribution in [-0.2, 0) is 42.8 Å². The molecule has 0 bridgehead atoms. The van der Waals surface area contributed by atoms with Gasteiger partial charge < -0.3 is 59.1 Å². The lowest BCUT2D eigenvalue weighted by Crippen LogP contribution is -2.66. The van der Waals surface area contributed by atoms with Gasteiger partial charge >= 0.3 is 17.9 Å². The van der Waals surface area contributed by atoms with Gasteiger partial charge in [0.1, 0.15) is 18.3 Å². The number of rotatable bonds is 18. The number of aliphatic hydroxyl groups is 6. The average molecular weight is 529 g/mol. The van der Waals surface area contributed by atoms with Crippen molar-refractivity contribution in [3.63, 3.8) is 0 Å². The quantitative estimate of drug-likeness (QED) is 0.0566. The van der Waals surface area contributed by atoms with E-state index in [4.69, 9.17) is 43.7 Å². The average Bonchev–Trinajstić information content (AvgIpc) is 2.86. The molecule has 0 radical (unpaired) electrons. The Kier molecular flexibility index (Phi) is 16.3. The van der Waals surface area contributed by atoms with E-state index in [0.29, 0.717) is 0 Å². The summed E-state index contributed by atoms with van der Waals surface area (Å²) in [4.78, 5) is 36.9. The molecule has 1 fully saturated rings. The Morgan fingerprint density at radius 2 is 0.778 bits per heavy atom. The first-order chi connectivity index (χ1) is 17.3. The largest absolute Gasteiger partial charge is 0.455 e. The third-order valence-corrected chi connectivity index (χ3v) is 4.88. The van der Waals surface area contributed by atoms with Crippen molar-refractivity contribution in [2.24, 2.45) is 0 Å². The minimum absolute atomic E-state index is 0.0249. The number of aliphatic hydroxyl groups excluding tert-OH is 6. The molecule has 36 heavy (non-hydrogen) atoms.